The number of hydrogen-bond acceptors (Lipinski definition) is 1. The van der Waals surface area contributed by atoms with Crippen LogP contribution in [-0.2, 0) is 11.2 Å². The first-order chi connectivity index (χ1) is 8.53. The highest BCUT2D eigenvalue weighted by molar-refractivity contribution is 9.10. The molecule has 1 aliphatic carbocycles. The lowest BCUT2D eigenvalue weighted by molar-refractivity contribution is -0.151. The largest absolute Gasteiger partial charge is 0.481 e. The van der Waals surface area contributed by atoms with Crippen molar-refractivity contribution in [2.24, 2.45) is 5.41 Å². The van der Waals surface area contributed by atoms with Crippen molar-refractivity contribution >= 4 is 21.9 Å². The summed E-state index contributed by atoms with van der Waals surface area (Å²) in [6.07, 6.45) is 4.76. The van der Waals surface area contributed by atoms with Gasteiger partial charge in [0.25, 0.3) is 0 Å². The number of hydrogen-bond donors (Lipinski definition) is 1. The predicted octanol–water partition coefficient (Wildman–Crippen LogP) is 4.17. The van der Waals surface area contributed by atoms with Crippen molar-refractivity contribution in [3.05, 3.63) is 34.1 Å². The normalized spacial score (nSPS) is 18.6. The van der Waals surface area contributed by atoms with Crippen molar-refractivity contribution in [2.75, 3.05) is 0 Å². The van der Waals surface area contributed by atoms with E-state index in [1.165, 1.54) is 12.1 Å². The van der Waals surface area contributed by atoms with Gasteiger partial charge < -0.3 is 5.11 Å². The van der Waals surface area contributed by atoms with Crippen LogP contribution in [0.2, 0.25) is 0 Å². The Morgan fingerprint density at radius 2 is 2.00 bits per heavy atom. The molecule has 4 heteroatoms. The molecule has 0 radical (unpaired) electrons. The summed E-state index contributed by atoms with van der Waals surface area (Å²) >= 11 is 3.37. The molecule has 0 saturated heterocycles. The molecule has 0 atom stereocenters. The van der Waals surface area contributed by atoms with Gasteiger partial charge in [-0.3, -0.25) is 4.79 Å². The first-order valence-corrected chi connectivity index (χ1v) is 7.00. The van der Waals surface area contributed by atoms with Gasteiger partial charge in [0, 0.05) is 4.47 Å². The van der Waals surface area contributed by atoms with Crippen molar-refractivity contribution in [2.45, 2.75) is 38.5 Å². The fourth-order valence-corrected chi connectivity index (χ4v) is 3.12. The highest BCUT2D eigenvalue weighted by Crippen LogP contribution is 2.40. The van der Waals surface area contributed by atoms with Crippen LogP contribution in [0.3, 0.4) is 0 Å². The van der Waals surface area contributed by atoms with E-state index in [1.54, 1.807) is 6.07 Å². The molecule has 1 aromatic rings. The summed E-state index contributed by atoms with van der Waals surface area (Å²) in [5.74, 6) is -1.07. The smallest absolute Gasteiger partial charge is 0.309 e. The highest BCUT2D eigenvalue weighted by atomic mass is 79.9. The van der Waals surface area contributed by atoms with Crippen molar-refractivity contribution in [3.8, 4) is 0 Å². The number of rotatable bonds is 3. The lowest BCUT2D eigenvalue weighted by Crippen LogP contribution is -2.35. The van der Waals surface area contributed by atoms with Crippen LogP contribution in [0, 0.1) is 11.2 Å². The van der Waals surface area contributed by atoms with Crippen LogP contribution < -0.4 is 0 Å². The topological polar surface area (TPSA) is 37.3 Å². The van der Waals surface area contributed by atoms with Gasteiger partial charge in [-0.1, -0.05) is 35.2 Å². The predicted molar refractivity (Wildman–Crippen MR) is 71.0 cm³/mol. The second-order valence-electron chi connectivity index (χ2n) is 5.06. The van der Waals surface area contributed by atoms with Crippen LogP contribution in [0.15, 0.2) is 22.7 Å². The third-order valence-corrected chi connectivity index (χ3v) is 4.57. The number of benzene rings is 1. The molecule has 0 aromatic heterocycles. The Hall–Kier alpha value is -0.900. The van der Waals surface area contributed by atoms with E-state index in [9.17, 15) is 14.3 Å². The van der Waals surface area contributed by atoms with E-state index in [0.29, 0.717) is 19.3 Å². The van der Waals surface area contributed by atoms with Crippen LogP contribution >= 0.6 is 15.9 Å². The summed E-state index contributed by atoms with van der Waals surface area (Å²) in [7, 11) is 0. The van der Waals surface area contributed by atoms with E-state index in [2.05, 4.69) is 15.9 Å². The zero-order valence-electron chi connectivity index (χ0n) is 10.1. The SMILES string of the molecule is O=C(O)C1(Cc2cc(F)ccc2Br)CCCCC1. The molecule has 1 aliphatic rings. The average Bonchev–Trinajstić information content (AvgIpc) is 2.35. The van der Waals surface area contributed by atoms with E-state index in [4.69, 9.17) is 0 Å². The minimum atomic E-state index is -0.752. The molecule has 1 N–H and O–H groups in total. The van der Waals surface area contributed by atoms with Crippen LogP contribution in [0.5, 0.6) is 0 Å². The van der Waals surface area contributed by atoms with Gasteiger partial charge >= 0.3 is 5.97 Å². The number of carboxylic acids is 1. The van der Waals surface area contributed by atoms with Gasteiger partial charge in [0.1, 0.15) is 5.82 Å². The van der Waals surface area contributed by atoms with Gasteiger partial charge in [-0.05, 0) is 43.0 Å². The maximum Gasteiger partial charge on any atom is 0.309 e. The minimum Gasteiger partial charge on any atom is -0.481 e. The molecule has 2 nitrogen and oxygen atoms in total. The quantitative estimate of drug-likeness (QED) is 0.909. The third-order valence-electron chi connectivity index (χ3n) is 3.80. The molecular weight excluding hydrogens is 299 g/mol. The van der Waals surface area contributed by atoms with Crippen LogP contribution in [0.25, 0.3) is 0 Å². The molecule has 0 aliphatic heterocycles. The van der Waals surface area contributed by atoms with Crippen molar-refractivity contribution in [1.29, 1.82) is 0 Å². The Labute approximate surface area is 114 Å². The highest BCUT2D eigenvalue weighted by Gasteiger charge is 2.39. The van der Waals surface area contributed by atoms with Crippen LogP contribution in [-0.4, -0.2) is 11.1 Å². The molecule has 98 valence electrons. The van der Waals surface area contributed by atoms with Gasteiger partial charge in [0.2, 0.25) is 0 Å². The Balaban J connectivity index is 2.28. The first-order valence-electron chi connectivity index (χ1n) is 6.21. The zero-order valence-corrected chi connectivity index (χ0v) is 11.7. The fraction of sp³-hybridized carbons (Fsp3) is 0.500. The molecule has 1 fully saturated rings. The molecular formula is C14H16BrFO2. The summed E-state index contributed by atoms with van der Waals surface area (Å²) in [4.78, 5) is 11.6. The lowest BCUT2D eigenvalue weighted by atomic mass is 9.70. The summed E-state index contributed by atoms with van der Waals surface area (Å²) in [6, 6.07) is 4.45. The van der Waals surface area contributed by atoms with Crippen molar-refractivity contribution in [3.63, 3.8) is 0 Å². The molecule has 0 spiro atoms. The number of carbonyl (C=O) groups is 1. The van der Waals surface area contributed by atoms with Crippen LogP contribution in [0.4, 0.5) is 4.39 Å². The van der Waals surface area contributed by atoms with Gasteiger partial charge in [-0.15, -0.1) is 0 Å². The Morgan fingerprint density at radius 1 is 1.33 bits per heavy atom. The maximum atomic E-state index is 13.3. The Morgan fingerprint density at radius 3 is 2.61 bits per heavy atom. The zero-order chi connectivity index (χ0) is 13.2. The fourth-order valence-electron chi connectivity index (χ4n) is 2.74. The Kier molecular flexibility index (Phi) is 4.05. The number of aliphatic carboxylic acids is 1. The monoisotopic (exact) mass is 314 g/mol. The van der Waals surface area contributed by atoms with Gasteiger partial charge in [-0.2, -0.15) is 0 Å². The minimum absolute atomic E-state index is 0.315. The summed E-state index contributed by atoms with van der Waals surface area (Å²) in [5, 5.41) is 9.50. The standard InChI is InChI=1S/C14H16BrFO2/c15-12-5-4-11(16)8-10(12)9-14(13(17)18)6-2-1-3-7-14/h4-5,8H,1-3,6-7,9H2,(H,17,18). The molecule has 1 aromatic carbocycles. The average molecular weight is 315 g/mol. The molecule has 2 rings (SSSR count). The third kappa shape index (κ3) is 2.74. The van der Waals surface area contributed by atoms with Gasteiger partial charge in [0.15, 0.2) is 0 Å². The molecule has 18 heavy (non-hydrogen) atoms. The van der Waals surface area contributed by atoms with E-state index in [1.807, 2.05) is 0 Å². The van der Waals surface area contributed by atoms with Gasteiger partial charge in [0.05, 0.1) is 5.41 Å². The summed E-state index contributed by atoms with van der Waals surface area (Å²) in [5.41, 5.74) is 0.0356. The Bertz CT molecular complexity index is 453. The van der Waals surface area contributed by atoms with E-state index in [-0.39, 0.29) is 5.82 Å². The number of carboxylic acid groups (broad SMARTS) is 1. The lowest BCUT2D eigenvalue weighted by Gasteiger charge is -2.33. The molecule has 1 saturated carbocycles. The molecule has 0 heterocycles. The molecule has 0 unspecified atom stereocenters. The second-order valence-corrected chi connectivity index (χ2v) is 5.91. The first kappa shape index (κ1) is 13.5. The van der Waals surface area contributed by atoms with Crippen LogP contribution in [0.1, 0.15) is 37.7 Å². The molecule has 0 bridgehead atoms. The van der Waals surface area contributed by atoms with Crippen molar-refractivity contribution in [1.82, 2.24) is 0 Å². The molecule has 0 amide bonds. The number of halogens is 2. The summed E-state index contributed by atoms with van der Waals surface area (Å²) in [6.45, 7) is 0. The second kappa shape index (κ2) is 5.39. The van der Waals surface area contributed by atoms with Gasteiger partial charge in [-0.25, -0.2) is 4.39 Å². The van der Waals surface area contributed by atoms with E-state index < -0.39 is 11.4 Å². The maximum absolute atomic E-state index is 13.3. The summed E-state index contributed by atoms with van der Waals surface area (Å²) < 4.78 is 14.0. The van der Waals surface area contributed by atoms with Crippen molar-refractivity contribution < 1.29 is 14.3 Å². The van der Waals surface area contributed by atoms with E-state index in [0.717, 1.165) is 29.3 Å². The van der Waals surface area contributed by atoms with E-state index >= 15 is 0 Å².